The van der Waals surface area contributed by atoms with Crippen molar-refractivity contribution in [1.29, 1.82) is 0 Å². The van der Waals surface area contributed by atoms with E-state index in [1.54, 1.807) is 0 Å². The Bertz CT molecular complexity index is 965. The SMILES string of the molecule is CN(C)c1ccc(C2c3ccc(N(C)C)cc3Sc3cc(N(C)C)ccc32)cc1. The summed E-state index contributed by atoms with van der Waals surface area (Å²) in [4.78, 5) is 9.19. The van der Waals surface area contributed by atoms with E-state index in [1.165, 1.54) is 43.5 Å². The predicted octanol–water partition coefficient (Wildman–Crippen LogP) is 5.53. The van der Waals surface area contributed by atoms with Crippen LogP contribution in [0.15, 0.2) is 70.5 Å². The van der Waals surface area contributed by atoms with Crippen LogP contribution in [0.4, 0.5) is 17.1 Å². The van der Waals surface area contributed by atoms with Gasteiger partial charge in [-0.2, -0.15) is 0 Å². The van der Waals surface area contributed by atoms with E-state index in [1.807, 2.05) is 11.8 Å². The first-order valence-corrected chi connectivity index (χ1v) is 10.7. The summed E-state index contributed by atoms with van der Waals surface area (Å²) < 4.78 is 0. The summed E-state index contributed by atoms with van der Waals surface area (Å²) >= 11 is 1.89. The van der Waals surface area contributed by atoms with E-state index >= 15 is 0 Å². The second-order valence-corrected chi connectivity index (χ2v) is 9.34. The molecule has 1 aliphatic rings. The van der Waals surface area contributed by atoms with Crippen molar-refractivity contribution in [2.75, 3.05) is 57.0 Å². The Morgan fingerprint density at radius 1 is 0.552 bits per heavy atom. The lowest BCUT2D eigenvalue weighted by atomic mass is 9.84. The number of rotatable bonds is 4. The molecule has 0 saturated heterocycles. The molecule has 1 heterocycles. The second-order valence-electron chi connectivity index (χ2n) is 8.25. The first-order valence-electron chi connectivity index (χ1n) is 9.93. The van der Waals surface area contributed by atoms with Gasteiger partial charge in [-0.3, -0.25) is 0 Å². The van der Waals surface area contributed by atoms with E-state index < -0.39 is 0 Å². The highest BCUT2D eigenvalue weighted by Gasteiger charge is 2.28. The van der Waals surface area contributed by atoms with Gasteiger partial charge in [-0.1, -0.05) is 36.0 Å². The van der Waals surface area contributed by atoms with Crippen LogP contribution in [0.5, 0.6) is 0 Å². The third-order valence-electron chi connectivity index (χ3n) is 5.61. The van der Waals surface area contributed by atoms with Crippen molar-refractivity contribution in [3.63, 3.8) is 0 Å². The van der Waals surface area contributed by atoms with Crippen molar-refractivity contribution < 1.29 is 0 Å². The van der Waals surface area contributed by atoms with Crippen molar-refractivity contribution in [3.05, 3.63) is 77.4 Å². The van der Waals surface area contributed by atoms with E-state index in [2.05, 4.69) is 118 Å². The van der Waals surface area contributed by atoms with E-state index in [9.17, 15) is 0 Å². The molecule has 1 aliphatic heterocycles. The average Bonchev–Trinajstić information content (AvgIpc) is 2.71. The minimum absolute atomic E-state index is 0.255. The van der Waals surface area contributed by atoms with E-state index in [0.717, 1.165) is 0 Å². The molecule has 0 atom stereocenters. The van der Waals surface area contributed by atoms with Crippen LogP contribution in [0.25, 0.3) is 0 Å². The summed E-state index contributed by atoms with van der Waals surface area (Å²) in [5.74, 6) is 0.255. The van der Waals surface area contributed by atoms with Crippen LogP contribution in [0, 0.1) is 0 Å². The highest BCUT2D eigenvalue weighted by atomic mass is 32.2. The van der Waals surface area contributed by atoms with Crippen molar-refractivity contribution >= 4 is 28.8 Å². The Morgan fingerprint density at radius 2 is 0.966 bits per heavy atom. The lowest BCUT2D eigenvalue weighted by Crippen LogP contribution is -2.14. The summed E-state index contributed by atoms with van der Waals surface area (Å²) in [5, 5.41) is 0. The molecule has 0 radical (unpaired) electrons. The van der Waals surface area contributed by atoms with Gasteiger partial charge in [-0.15, -0.1) is 0 Å². The molecule has 0 unspecified atom stereocenters. The Hall–Kier alpha value is -2.59. The van der Waals surface area contributed by atoms with Gasteiger partial charge >= 0.3 is 0 Å². The second kappa shape index (κ2) is 7.68. The fourth-order valence-corrected chi connectivity index (χ4v) is 5.07. The minimum Gasteiger partial charge on any atom is -0.378 e. The van der Waals surface area contributed by atoms with Crippen LogP contribution < -0.4 is 14.7 Å². The Morgan fingerprint density at radius 3 is 1.38 bits per heavy atom. The summed E-state index contributed by atoms with van der Waals surface area (Å²) in [6.07, 6.45) is 0. The first-order chi connectivity index (χ1) is 13.8. The van der Waals surface area contributed by atoms with Gasteiger partial charge in [0.25, 0.3) is 0 Å². The third-order valence-corrected chi connectivity index (χ3v) is 6.76. The normalized spacial score (nSPS) is 12.9. The largest absolute Gasteiger partial charge is 0.378 e. The van der Waals surface area contributed by atoms with Gasteiger partial charge in [0, 0.05) is 75.1 Å². The molecule has 0 aliphatic carbocycles. The maximum absolute atomic E-state index is 2.33. The molecule has 3 aromatic carbocycles. The topological polar surface area (TPSA) is 9.72 Å². The van der Waals surface area contributed by atoms with E-state index in [0.29, 0.717) is 0 Å². The van der Waals surface area contributed by atoms with Crippen LogP contribution in [-0.2, 0) is 0 Å². The number of benzene rings is 3. The van der Waals surface area contributed by atoms with Crippen molar-refractivity contribution in [1.82, 2.24) is 0 Å². The molecule has 4 heteroatoms. The fourth-order valence-electron chi connectivity index (χ4n) is 3.87. The maximum atomic E-state index is 2.33. The van der Waals surface area contributed by atoms with Gasteiger partial charge in [0.15, 0.2) is 0 Å². The monoisotopic (exact) mass is 403 g/mol. The van der Waals surface area contributed by atoms with E-state index in [4.69, 9.17) is 0 Å². The summed E-state index contributed by atoms with van der Waals surface area (Å²) in [7, 11) is 12.6. The van der Waals surface area contributed by atoms with Gasteiger partial charge < -0.3 is 14.7 Å². The van der Waals surface area contributed by atoms with Crippen LogP contribution in [0.1, 0.15) is 22.6 Å². The zero-order chi connectivity index (χ0) is 20.7. The smallest absolute Gasteiger partial charge is 0.0372 e. The maximum Gasteiger partial charge on any atom is 0.0372 e. The molecular weight excluding hydrogens is 374 g/mol. The highest BCUT2D eigenvalue weighted by Crippen LogP contribution is 2.50. The average molecular weight is 404 g/mol. The number of nitrogens with zero attached hydrogens (tertiary/aromatic N) is 3. The molecule has 0 spiro atoms. The highest BCUT2D eigenvalue weighted by molar-refractivity contribution is 7.99. The van der Waals surface area contributed by atoms with Gasteiger partial charge in [-0.05, 0) is 53.1 Å². The number of fused-ring (bicyclic) bond motifs is 2. The number of anilines is 3. The molecule has 3 nitrogen and oxygen atoms in total. The summed E-state index contributed by atoms with van der Waals surface area (Å²) in [5.41, 5.74) is 7.83. The zero-order valence-corrected chi connectivity index (χ0v) is 18.9. The predicted molar refractivity (Wildman–Crippen MR) is 127 cm³/mol. The molecule has 0 N–H and O–H groups in total. The number of hydrogen-bond donors (Lipinski definition) is 0. The van der Waals surface area contributed by atoms with Crippen LogP contribution in [0.3, 0.4) is 0 Å². The van der Waals surface area contributed by atoms with Crippen LogP contribution >= 0.6 is 11.8 Å². The van der Waals surface area contributed by atoms with E-state index in [-0.39, 0.29) is 5.92 Å². The van der Waals surface area contributed by atoms with Crippen molar-refractivity contribution in [3.8, 4) is 0 Å². The van der Waals surface area contributed by atoms with Crippen molar-refractivity contribution in [2.24, 2.45) is 0 Å². The van der Waals surface area contributed by atoms with Gasteiger partial charge in [0.2, 0.25) is 0 Å². The molecule has 3 aromatic rings. The standard InChI is InChI=1S/C25H29N3S/c1-26(2)18-9-7-17(8-10-18)25-21-13-11-19(27(3)4)15-23(21)29-24-16-20(28(5)6)12-14-22(24)25/h7-16,25H,1-6H3. The van der Waals surface area contributed by atoms with Crippen LogP contribution in [-0.4, -0.2) is 42.3 Å². The van der Waals surface area contributed by atoms with Crippen molar-refractivity contribution in [2.45, 2.75) is 15.7 Å². The lowest BCUT2D eigenvalue weighted by molar-refractivity contribution is 0.897. The fraction of sp³-hybridized carbons (Fsp3) is 0.280. The Kier molecular flexibility index (Phi) is 5.22. The molecule has 150 valence electrons. The molecule has 0 fully saturated rings. The molecule has 0 amide bonds. The quantitative estimate of drug-likeness (QED) is 0.443. The molecule has 0 aromatic heterocycles. The first kappa shape index (κ1) is 19.7. The minimum atomic E-state index is 0.255. The van der Waals surface area contributed by atoms with Gasteiger partial charge in [0.1, 0.15) is 0 Å². The lowest BCUT2D eigenvalue weighted by Gasteiger charge is -2.30. The Balaban J connectivity index is 1.87. The summed E-state index contributed by atoms with van der Waals surface area (Å²) in [6.45, 7) is 0. The Labute approximate surface area is 178 Å². The molecule has 0 bridgehead atoms. The van der Waals surface area contributed by atoms with Crippen LogP contribution in [0.2, 0.25) is 0 Å². The zero-order valence-electron chi connectivity index (χ0n) is 18.1. The third kappa shape index (κ3) is 3.69. The molecule has 0 saturated carbocycles. The van der Waals surface area contributed by atoms with Gasteiger partial charge in [0.05, 0.1) is 0 Å². The molecule has 4 rings (SSSR count). The molecule has 29 heavy (non-hydrogen) atoms. The number of hydrogen-bond acceptors (Lipinski definition) is 4. The van der Waals surface area contributed by atoms with Gasteiger partial charge in [-0.25, -0.2) is 0 Å². The molecular formula is C25H29N3S. The summed E-state index contributed by atoms with van der Waals surface area (Å²) in [6, 6.07) is 22.7.